The van der Waals surface area contributed by atoms with Crippen molar-refractivity contribution in [1.29, 1.82) is 0 Å². The van der Waals surface area contributed by atoms with Crippen LogP contribution in [0.25, 0.3) is 0 Å². The number of aromatic carboxylic acids is 1. The van der Waals surface area contributed by atoms with Crippen molar-refractivity contribution in [1.82, 2.24) is 4.90 Å². The van der Waals surface area contributed by atoms with E-state index in [1.807, 2.05) is 37.3 Å². The summed E-state index contributed by atoms with van der Waals surface area (Å²) in [5, 5.41) is 11.9. The lowest BCUT2D eigenvalue weighted by molar-refractivity contribution is -0.129. The fraction of sp³-hybridized carbons (Fsp3) is 0.286. The van der Waals surface area contributed by atoms with Crippen molar-refractivity contribution >= 4 is 23.5 Å². The van der Waals surface area contributed by atoms with E-state index in [4.69, 9.17) is 9.84 Å². The summed E-state index contributed by atoms with van der Waals surface area (Å²) in [4.78, 5) is 38.0. The van der Waals surface area contributed by atoms with Gasteiger partial charge in [0.25, 0.3) is 0 Å². The van der Waals surface area contributed by atoms with Crippen molar-refractivity contribution in [3.63, 3.8) is 0 Å². The first-order chi connectivity index (χ1) is 13.4. The summed E-state index contributed by atoms with van der Waals surface area (Å²) in [6.45, 7) is 2.29. The van der Waals surface area contributed by atoms with Gasteiger partial charge in [-0.05, 0) is 24.6 Å². The quantitative estimate of drug-likeness (QED) is 0.801. The molecule has 2 N–H and O–H groups in total. The number of methoxy groups -OCH3 is 1. The maximum absolute atomic E-state index is 12.6. The topological polar surface area (TPSA) is 95.9 Å². The minimum atomic E-state index is -1.11. The van der Waals surface area contributed by atoms with E-state index in [0.717, 1.165) is 5.56 Å². The molecule has 146 valence electrons. The molecule has 2 aromatic carbocycles. The minimum Gasteiger partial charge on any atom is -0.496 e. The number of nitrogens with one attached hydrogen (secondary N) is 1. The number of carbonyl (C=O) groups is 3. The Kier molecular flexibility index (Phi) is 5.63. The summed E-state index contributed by atoms with van der Waals surface area (Å²) in [6.07, 6.45) is 0.146. The Morgan fingerprint density at radius 3 is 2.57 bits per heavy atom. The fourth-order valence-electron chi connectivity index (χ4n) is 3.38. The van der Waals surface area contributed by atoms with Crippen LogP contribution < -0.4 is 10.1 Å². The molecular formula is C21H22N2O5. The summed E-state index contributed by atoms with van der Waals surface area (Å²) >= 11 is 0. The predicted molar refractivity (Wildman–Crippen MR) is 103 cm³/mol. The lowest BCUT2D eigenvalue weighted by Crippen LogP contribution is -2.30. The number of carboxylic acids is 1. The standard InChI is InChI=1S/C21H22N2O5/c1-13(14-6-4-3-5-7-14)23-12-15(10-19(23)24)20(25)22-16-8-9-17(21(26)27)18(11-16)28-2/h3-9,11,13,15H,10,12H2,1-2H3,(H,22,25)(H,26,27). The van der Waals surface area contributed by atoms with Gasteiger partial charge in [0.2, 0.25) is 11.8 Å². The number of rotatable bonds is 6. The number of carboxylic acid groups (broad SMARTS) is 1. The first-order valence-electron chi connectivity index (χ1n) is 8.97. The lowest BCUT2D eigenvalue weighted by Gasteiger charge is -2.25. The molecule has 7 heteroatoms. The number of benzene rings is 2. The van der Waals surface area contributed by atoms with Crippen LogP contribution in [-0.2, 0) is 9.59 Å². The van der Waals surface area contributed by atoms with Crippen LogP contribution in [0.3, 0.4) is 0 Å². The smallest absolute Gasteiger partial charge is 0.339 e. The van der Waals surface area contributed by atoms with Gasteiger partial charge in [-0.3, -0.25) is 9.59 Å². The van der Waals surface area contributed by atoms with Gasteiger partial charge in [0, 0.05) is 24.7 Å². The van der Waals surface area contributed by atoms with E-state index < -0.39 is 11.9 Å². The molecule has 1 saturated heterocycles. The van der Waals surface area contributed by atoms with E-state index in [9.17, 15) is 14.4 Å². The van der Waals surface area contributed by atoms with Crippen molar-refractivity contribution in [2.75, 3.05) is 19.0 Å². The van der Waals surface area contributed by atoms with Crippen molar-refractivity contribution in [2.45, 2.75) is 19.4 Å². The van der Waals surface area contributed by atoms with E-state index >= 15 is 0 Å². The van der Waals surface area contributed by atoms with Crippen LogP contribution in [0.1, 0.15) is 35.3 Å². The number of amides is 2. The van der Waals surface area contributed by atoms with Gasteiger partial charge in [0.1, 0.15) is 11.3 Å². The summed E-state index contributed by atoms with van der Waals surface area (Å²) in [7, 11) is 1.37. The van der Waals surface area contributed by atoms with Gasteiger partial charge >= 0.3 is 5.97 Å². The molecule has 28 heavy (non-hydrogen) atoms. The summed E-state index contributed by atoms with van der Waals surface area (Å²) in [5.74, 6) is -1.76. The van der Waals surface area contributed by atoms with Gasteiger partial charge in [-0.2, -0.15) is 0 Å². The molecule has 0 bridgehead atoms. The Labute approximate surface area is 162 Å². The van der Waals surface area contributed by atoms with Crippen LogP contribution in [-0.4, -0.2) is 41.4 Å². The molecule has 2 amide bonds. The highest BCUT2D eigenvalue weighted by Gasteiger charge is 2.37. The zero-order valence-electron chi connectivity index (χ0n) is 15.7. The molecular weight excluding hydrogens is 360 g/mol. The highest BCUT2D eigenvalue weighted by molar-refractivity contribution is 5.98. The Bertz CT molecular complexity index is 897. The molecule has 0 saturated carbocycles. The summed E-state index contributed by atoms with van der Waals surface area (Å²) < 4.78 is 5.07. The first kappa shape index (κ1) is 19.4. The van der Waals surface area contributed by atoms with Gasteiger partial charge in [0.15, 0.2) is 0 Å². The highest BCUT2D eigenvalue weighted by Crippen LogP contribution is 2.30. The second-order valence-corrected chi connectivity index (χ2v) is 6.74. The second-order valence-electron chi connectivity index (χ2n) is 6.74. The van der Waals surface area contributed by atoms with Crippen LogP contribution in [0, 0.1) is 5.92 Å². The van der Waals surface area contributed by atoms with E-state index in [-0.39, 0.29) is 35.6 Å². The molecule has 7 nitrogen and oxygen atoms in total. The molecule has 1 aliphatic rings. The van der Waals surface area contributed by atoms with E-state index in [0.29, 0.717) is 12.2 Å². The Balaban J connectivity index is 1.69. The predicted octanol–water partition coefficient (Wildman–Crippen LogP) is 2.94. The van der Waals surface area contributed by atoms with Crippen molar-refractivity contribution in [2.24, 2.45) is 5.92 Å². The Morgan fingerprint density at radius 1 is 1.21 bits per heavy atom. The molecule has 2 atom stereocenters. The maximum Gasteiger partial charge on any atom is 0.339 e. The van der Waals surface area contributed by atoms with Crippen LogP contribution in [0.5, 0.6) is 5.75 Å². The Morgan fingerprint density at radius 2 is 1.93 bits per heavy atom. The molecule has 2 aromatic rings. The molecule has 1 fully saturated rings. The number of likely N-dealkylation sites (tertiary alicyclic amines) is 1. The van der Waals surface area contributed by atoms with Gasteiger partial charge < -0.3 is 20.1 Å². The largest absolute Gasteiger partial charge is 0.496 e. The van der Waals surface area contributed by atoms with Gasteiger partial charge in [-0.15, -0.1) is 0 Å². The molecule has 3 rings (SSSR count). The molecule has 1 heterocycles. The zero-order chi connectivity index (χ0) is 20.3. The summed E-state index contributed by atoms with van der Waals surface area (Å²) in [6, 6.07) is 13.9. The van der Waals surface area contributed by atoms with Crippen LogP contribution in [0.15, 0.2) is 48.5 Å². The Hall–Kier alpha value is -3.35. The number of hydrogen-bond donors (Lipinski definition) is 2. The van der Waals surface area contributed by atoms with Crippen LogP contribution in [0.2, 0.25) is 0 Å². The van der Waals surface area contributed by atoms with Crippen LogP contribution in [0.4, 0.5) is 5.69 Å². The van der Waals surface area contributed by atoms with Crippen molar-refractivity contribution in [3.8, 4) is 5.75 Å². The number of nitrogens with zero attached hydrogens (tertiary/aromatic N) is 1. The van der Waals surface area contributed by atoms with Crippen molar-refractivity contribution < 1.29 is 24.2 Å². The average molecular weight is 382 g/mol. The zero-order valence-corrected chi connectivity index (χ0v) is 15.7. The highest BCUT2D eigenvalue weighted by atomic mass is 16.5. The molecule has 0 spiro atoms. The van der Waals surface area contributed by atoms with Gasteiger partial charge in [-0.1, -0.05) is 30.3 Å². The lowest BCUT2D eigenvalue weighted by atomic mass is 10.1. The van der Waals surface area contributed by atoms with Gasteiger partial charge in [-0.25, -0.2) is 4.79 Å². The number of carbonyl (C=O) groups excluding carboxylic acids is 2. The van der Waals surface area contributed by atoms with E-state index in [2.05, 4.69) is 5.32 Å². The maximum atomic E-state index is 12.6. The second kappa shape index (κ2) is 8.12. The normalized spacial score (nSPS) is 17.3. The number of anilines is 1. The molecule has 1 aliphatic heterocycles. The minimum absolute atomic E-state index is 0.0133. The number of hydrogen-bond acceptors (Lipinski definition) is 4. The SMILES string of the molecule is COc1cc(NC(=O)C2CC(=O)N(C(C)c3ccccc3)C2)ccc1C(=O)O. The molecule has 0 aromatic heterocycles. The molecule has 0 radical (unpaired) electrons. The molecule has 0 aliphatic carbocycles. The fourth-order valence-corrected chi connectivity index (χ4v) is 3.38. The van der Waals surface area contributed by atoms with E-state index in [1.54, 1.807) is 4.90 Å². The third kappa shape index (κ3) is 3.98. The first-order valence-corrected chi connectivity index (χ1v) is 8.97. The molecule has 2 unspecified atom stereocenters. The summed E-state index contributed by atoms with van der Waals surface area (Å²) in [5.41, 5.74) is 1.46. The third-order valence-electron chi connectivity index (χ3n) is 4.98. The third-order valence-corrected chi connectivity index (χ3v) is 4.98. The average Bonchev–Trinajstić information content (AvgIpc) is 3.09. The number of ether oxygens (including phenoxy) is 1. The van der Waals surface area contributed by atoms with E-state index in [1.165, 1.54) is 25.3 Å². The monoisotopic (exact) mass is 382 g/mol. The van der Waals surface area contributed by atoms with Crippen LogP contribution >= 0.6 is 0 Å². The van der Waals surface area contributed by atoms with Gasteiger partial charge in [0.05, 0.1) is 19.1 Å². The van der Waals surface area contributed by atoms with Crippen molar-refractivity contribution in [3.05, 3.63) is 59.7 Å².